The number of hydrogen-bond acceptors (Lipinski definition) is 2. The van der Waals surface area contributed by atoms with E-state index in [1.807, 2.05) is 6.08 Å². The summed E-state index contributed by atoms with van der Waals surface area (Å²) in [6.45, 7) is 27.8. The van der Waals surface area contributed by atoms with Crippen LogP contribution in [0.25, 0.3) is 0 Å². The van der Waals surface area contributed by atoms with E-state index in [9.17, 15) is 0 Å². The third kappa shape index (κ3) is 7.05. The molecule has 0 amide bonds. The molecule has 0 aliphatic heterocycles. The van der Waals surface area contributed by atoms with E-state index in [0.717, 1.165) is 0 Å². The van der Waals surface area contributed by atoms with Gasteiger partial charge in [0.15, 0.2) is 16.6 Å². The molecular weight excluding hydrogens is 340 g/mol. The van der Waals surface area contributed by atoms with Crippen molar-refractivity contribution in [3.63, 3.8) is 0 Å². The average molecular weight is 383 g/mol. The Morgan fingerprint density at radius 3 is 1.80 bits per heavy atom. The Kier molecular flexibility index (Phi) is 8.44. The van der Waals surface area contributed by atoms with E-state index in [2.05, 4.69) is 87.5 Å². The van der Waals surface area contributed by atoms with Crippen molar-refractivity contribution in [2.24, 2.45) is 5.92 Å². The summed E-state index contributed by atoms with van der Waals surface area (Å²) >= 11 is 0. The van der Waals surface area contributed by atoms with E-state index in [0.29, 0.717) is 6.61 Å². The minimum absolute atomic E-state index is 0.0413. The van der Waals surface area contributed by atoms with Gasteiger partial charge >= 0.3 is 0 Å². The fourth-order valence-electron chi connectivity index (χ4n) is 1.90. The lowest BCUT2D eigenvalue weighted by Gasteiger charge is -2.43. The highest BCUT2D eigenvalue weighted by atomic mass is 28.4. The highest BCUT2D eigenvalue weighted by Crippen LogP contribution is 2.40. The molecule has 25 heavy (non-hydrogen) atoms. The van der Waals surface area contributed by atoms with E-state index in [-0.39, 0.29) is 22.1 Å². The standard InChI is InChI=1S/C21H42O2Si2/c1-14-15-17(2)18(3)19(23-25(12,13)21(7,8)9)16-22-24(10,11)20(4,5)6/h1,15,18-19H,16H2,2-13H3/b17-15+/t18-,19+/m1/s1. The van der Waals surface area contributed by atoms with Crippen molar-refractivity contribution in [3.05, 3.63) is 11.6 Å². The van der Waals surface area contributed by atoms with Gasteiger partial charge < -0.3 is 8.85 Å². The van der Waals surface area contributed by atoms with Crippen LogP contribution < -0.4 is 0 Å². The summed E-state index contributed by atoms with van der Waals surface area (Å²) in [6.07, 6.45) is 7.38. The molecule has 0 rings (SSSR count). The van der Waals surface area contributed by atoms with Crippen molar-refractivity contribution in [2.75, 3.05) is 6.61 Å². The molecule has 2 nitrogen and oxygen atoms in total. The molecule has 0 fully saturated rings. The Balaban J connectivity index is 5.50. The molecule has 0 aliphatic rings. The quantitative estimate of drug-likeness (QED) is 0.364. The topological polar surface area (TPSA) is 18.5 Å². The number of terminal acetylenes is 1. The number of rotatable bonds is 7. The lowest BCUT2D eigenvalue weighted by Crippen LogP contribution is -2.49. The van der Waals surface area contributed by atoms with Crippen molar-refractivity contribution in [1.82, 2.24) is 0 Å². The Bertz CT molecular complexity index is 499. The van der Waals surface area contributed by atoms with Gasteiger partial charge in [-0.05, 0) is 49.3 Å². The molecule has 0 N–H and O–H groups in total. The van der Waals surface area contributed by atoms with Crippen molar-refractivity contribution in [1.29, 1.82) is 0 Å². The van der Waals surface area contributed by atoms with Gasteiger partial charge in [-0.25, -0.2) is 0 Å². The molecular formula is C21H42O2Si2. The second-order valence-corrected chi connectivity index (χ2v) is 19.9. The van der Waals surface area contributed by atoms with Gasteiger partial charge in [-0.1, -0.05) is 60.0 Å². The van der Waals surface area contributed by atoms with Crippen LogP contribution in [0.4, 0.5) is 0 Å². The maximum atomic E-state index is 6.77. The van der Waals surface area contributed by atoms with Crippen LogP contribution in [0.5, 0.6) is 0 Å². The van der Waals surface area contributed by atoms with Crippen molar-refractivity contribution < 1.29 is 8.85 Å². The van der Waals surface area contributed by atoms with Gasteiger partial charge in [0.2, 0.25) is 0 Å². The minimum Gasteiger partial charge on any atom is -0.414 e. The maximum Gasteiger partial charge on any atom is 0.192 e. The summed E-state index contributed by atoms with van der Waals surface area (Å²) in [6, 6.07) is 0. The Labute approximate surface area is 160 Å². The molecule has 0 bridgehead atoms. The zero-order valence-electron chi connectivity index (χ0n) is 18.8. The molecule has 4 heteroatoms. The van der Waals surface area contributed by atoms with Crippen LogP contribution in [0.15, 0.2) is 11.6 Å². The highest BCUT2D eigenvalue weighted by Gasteiger charge is 2.42. The third-order valence-electron chi connectivity index (χ3n) is 6.25. The third-order valence-corrected chi connectivity index (χ3v) is 15.3. The summed E-state index contributed by atoms with van der Waals surface area (Å²) < 4.78 is 13.3. The minimum atomic E-state index is -1.89. The van der Waals surface area contributed by atoms with Crippen LogP contribution >= 0.6 is 0 Å². The van der Waals surface area contributed by atoms with Gasteiger partial charge in [-0.3, -0.25) is 0 Å². The van der Waals surface area contributed by atoms with Crippen molar-refractivity contribution in [3.8, 4) is 12.3 Å². The monoisotopic (exact) mass is 382 g/mol. The van der Waals surface area contributed by atoms with Crippen LogP contribution in [-0.4, -0.2) is 29.3 Å². The predicted molar refractivity (Wildman–Crippen MR) is 117 cm³/mol. The van der Waals surface area contributed by atoms with Gasteiger partial charge in [0.25, 0.3) is 0 Å². The van der Waals surface area contributed by atoms with Crippen LogP contribution in [-0.2, 0) is 8.85 Å². The first-order chi connectivity index (χ1) is 11.0. The lowest BCUT2D eigenvalue weighted by molar-refractivity contribution is 0.0779. The van der Waals surface area contributed by atoms with Gasteiger partial charge in [0.1, 0.15) is 0 Å². The van der Waals surface area contributed by atoms with E-state index in [1.54, 1.807) is 0 Å². The molecule has 0 aliphatic carbocycles. The highest BCUT2D eigenvalue weighted by molar-refractivity contribution is 6.74. The zero-order chi connectivity index (χ0) is 20.3. The smallest absolute Gasteiger partial charge is 0.192 e. The first kappa shape index (κ1) is 24.7. The lowest BCUT2D eigenvalue weighted by atomic mass is 9.97. The van der Waals surface area contributed by atoms with E-state index < -0.39 is 16.6 Å². The summed E-state index contributed by atoms with van der Waals surface area (Å²) in [5, 5.41) is 0.368. The average Bonchev–Trinajstić information content (AvgIpc) is 2.40. The summed E-state index contributed by atoms with van der Waals surface area (Å²) in [5.74, 6) is 2.90. The molecule has 0 radical (unpaired) electrons. The van der Waals surface area contributed by atoms with Crippen LogP contribution in [0.2, 0.25) is 36.3 Å². The largest absolute Gasteiger partial charge is 0.414 e. The number of hydrogen-bond donors (Lipinski definition) is 0. The SMILES string of the molecule is C#C/C=C(\C)[C@@H](C)[C@H](CO[Si](C)(C)C(C)(C)C)O[Si](C)(C)C(C)(C)C. The number of allylic oxidation sites excluding steroid dienone is 1. The first-order valence-electron chi connectivity index (χ1n) is 9.41. The molecule has 0 saturated carbocycles. The van der Waals surface area contributed by atoms with Gasteiger partial charge in [-0.2, -0.15) is 0 Å². The van der Waals surface area contributed by atoms with Crippen LogP contribution in [0.1, 0.15) is 55.4 Å². The van der Waals surface area contributed by atoms with Gasteiger partial charge in [0.05, 0.1) is 12.7 Å². The van der Waals surface area contributed by atoms with Crippen molar-refractivity contribution >= 4 is 16.6 Å². The summed E-state index contributed by atoms with van der Waals surface area (Å²) in [5.41, 5.74) is 1.19. The van der Waals surface area contributed by atoms with E-state index in [1.165, 1.54) is 5.57 Å². The molecule has 2 atom stereocenters. The van der Waals surface area contributed by atoms with Crippen LogP contribution in [0, 0.1) is 18.3 Å². The van der Waals surface area contributed by atoms with Crippen molar-refractivity contribution in [2.45, 2.75) is 97.8 Å². The molecule has 0 unspecified atom stereocenters. The molecule has 0 saturated heterocycles. The molecule has 0 aromatic rings. The second-order valence-electron chi connectivity index (χ2n) is 10.3. The Hall–Kier alpha value is -0.346. The van der Waals surface area contributed by atoms with E-state index in [4.69, 9.17) is 15.3 Å². The fraction of sp³-hybridized carbons (Fsp3) is 0.810. The van der Waals surface area contributed by atoms with Gasteiger partial charge in [-0.15, -0.1) is 6.42 Å². The summed E-state index contributed by atoms with van der Waals surface area (Å²) in [4.78, 5) is 0. The maximum absolute atomic E-state index is 6.77. The second kappa shape index (κ2) is 8.56. The Morgan fingerprint density at radius 2 is 1.44 bits per heavy atom. The van der Waals surface area contributed by atoms with Gasteiger partial charge in [0, 0.05) is 5.92 Å². The summed E-state index contributed by atoms with van der Waals surface area (Å²) in [7, 11) is -3.70. The first-order valence-corrected chi connectivity index (χ1v) is 15.2. The molecule has 0 spiro atoms. The van der Waals surface area contributed by atoms with E-state index >= 15 is 0 Å². The Morgan fingerprint density at radius 1 is 1.00 bits per heavy atom. The molecule has 146 valence electrons. The van der Waals surface area contributed by atoms with Crippen LogP contribution in [0.3, 0.4) is 0 Å². The zero-order valence-corrected chi connectivity index (χ0v) is 20.8. The molecule has 0 aromatic heterocycles. The normalized spacial score (nSPS) is 17.2. The molecule has 0 heterocycles. The fourth-order valence-corrected chi connectivity index (χ4v) is 4.30. The molecule has 0 aromatic carbocycles. The predicted octanol–water partition coefficient (Wildman–Crippen LogP) is 6.61.